The number of ether oxygens (including phenoxy) is 1. The first-order valence-corrected chi connectivity index (χ1v) is 12.3. The number of nitro benzene ring substituents is 1. The van der Waals surface area contributed by atoms with E-state index >= 15 is 0 Å². The van der Waals surface area contributed by atoms with Gasteiger partial charge >= 0.3 is 0 Å². The Morgan fingerprint density at radius 3 is 2.47 bits per heavy atom. The summed E-state index contributed by atoms with van der Waals surface area (Å²) in [4.78, 5) is 23.1. The Bertz CT molecular complexity index is 1430. The zero-order valence-corrected chi connectivity index (χ0v) is 21.2. The van der Waals surface area contributed by atoms with Crippen LogP contribution in [0.5, 0.6) is 5.75 Å². The number of nitrogens with one attached hydrogen (secondary N) is 1. The smallest absolute Gasteiger partial charge is 0.273 e. The van der Waals surface area contributed by atoms with Gasteiger partial charge in [0.15, 0.2) is 0 Å². The number of halogens is 1. The monoisotopic (exact) mass is 530 g/mol. The van der Waals surface area contributed by atoms with E-state index in [0.717, 1.165) is 21.5 Å². The number of nitro groups is 1. The van der Waals surface area contributed by atoms with Gasteiger partial charge in [0.2, 0.25) is 0 Å². The Hall–Kier alpha value is -3.96. The Morgan fingerprint density at radius 2 is 1.83 bits per heavy atom. The number of aryl methyl sites for hydroxylation is 2. The molecule has 0 fully saturated rings. The number of anilines is 1. The number of sulfonamides is 1. The highest BCUT2D eigenvalue weighted by atomic mass is 35.5. The van der Waals surface area contributed by atoms with Gasteiger partial charge in [-0.1, -0.05) is 47.5 Å². The van der Waals surface area contributed by atoms with Crippen molar-refractivity contribution in [2.24, 2.45) is 5.10 Å². The fourth-order valence-corrected chi connectivity index (χ4v) is 4.84. The highest BCUT2D eigenvalue weighted by Crippen LogP contribution is 2.35. The number of carbonyl (C=O) groups is 1. The van der Waals surface area contributed by atoms with Crippen LogP contribution in [0.4, 0.5) is 11.4 Å². The summed E-state index contributed by atoms with van der Waals surface area (Å²) in [7, 11) is -3.14. The van der Waals surface area contributed by atoms with Crippen LogP contribution in [0.3, 0.4) is 0 Å². The van der Waals surface area contributed by atoms with Gasteiger partial charge in [-0.05, 0) is 43.7 Å². The Morgan fingerprint density at radius 1 is 1.14 bits per heavy atom. The molecule has 36 heavy (non-hydrogen) atoms. The van der Waals surface area contributed by atoms with Crippen LogP contribution in [0.1, 0.15) is 16.7 Å². The molecular weight excluding hydrogens is 508 g/mol. The average Bonchev–Trinajstić information content (AvgIpc) is 2.83. The van der Waals surface area contributed by atoms with Gasteiger partial charge in [0, 0.05) is 16.7 Å². The minimum Gasteiger partial charge on any atom is -0.495 e. The zero-order valence-electron chi connectivity index (χ0n) is 19.6. The zero-order chi connectivity index (χ0) is 26.5. The first-order chi connectivity index (χ1) is 17.0. The lowest BCUT2D eigenvalue weighted by atomic mass is 10.2. The van der Waals surface area contributed by atoms with Crippen molar-refractivity contribution in [2.75, 3.05) is 18.0 Å². The molecule has 1 amide bonds. The van der Waals surface area contributed by atoms with Crippen molar-refractivity contribution in [1.29, 1.82) is 0 Å². The van der Waals surface area contributed by atoms with Crippen LogP contribution >= 0.6 is 11.6 Å². The lowest BCUT2D eigenvalue weighted by Crippen LogP contribution is -2.39. The quantitative estimate of drug-likeness (QED) is 0.250. The number of rotatable bonds is 9. The number of amides is 1. The highest BCUT2D eigenvalue weighted by Gasteiger charge is 2.31. The molecule has 188 valence electrons. The number of nitrogens with zero attached hydrogens (tertiary/aromatic N) is 3. The highest BCUT2D eigenvalue weighted by molar-refractivity contribution is 7.92. The number of hydrogen-bond acceptors (Lipinski definition) is 7. The summed E-state index contributed by atoms with van der Waals surface area (Å²) in [5.74, 6) is -0.633. The maximum absolute atomic E-state index is 13.6. The molecule has 0 radical (unpaired) electrons. The Kier molecular flexibility index (Phi) is 8.28. The normalized spacial score (nSPS) is 11.3. The van der Waals surface area contributed by atoms with Gasteiger partial charge in [-0.2, -0.15) is 5.10 Å². The van der Waals surface area contributed by atoms with Crippen LogP contribution in [-0.4, -0.2) is 39.1 Å². The third kappa shape index (κ3) is 6.18. The van der Waals surface area contributed by atoms with Gasteiger partial charge in [-0.15, -0.1) is 0 Å². The number of hydrogen-bond donors (Lipinski definition) is 1. The molecule has 0 spiro atoms. The number of carbonyl (C=O) groups excluding carboxylic acids is 1. The molecule has 12 heteroatoms. The van der Waals surface area contributed by atoms with E-state index in [0.29, 0.717) is 0 Å². The summed E-state index contributed by atoms with van der Waals surface area (Å²) in [5, 5.41) is 15.5. The topological polar surface area (TPSA) is 131 Å². The number of benzene rings is 3. The lowest BCUT2D eigenvalue weighted by Gasteiger charge is -2.25. The van der Waals surface area contributed by atoms with E-state index in [9.17, 15) is 23.3 Å². The summed E-state index contributed by atoms with van der Waals surface area (Å²) in [6, 6.07) is 15.1. The molecular formula is C24H23ClN4O6S. The Balaban J connectivity index is 1.99. The first-order valence-electron chi connectivity index (χ1n) is 10.5. The van der Waals surface area contributed by atoms with Crippen LogP contribution in [0.25, 0.3) is 0 Å². The molecule has 0 saturated heterocycles. The van der Waals surface area contributed by atoms with Crippen LogP contribution in [0.2, 0.25) is 5.02 Å². The molecule has 3 aromatic rings. The molecule has 3 aromatic carbocycles. The van der Waals surface area contributed by atoms with E-state index in [1.165, 1.54) is 50.6 Å². The molecule has 0 aromatic heterocycles. The van der Waals surface area contributed by atoms with Gasteiger partial charge in [-0.3, -0.25) is 19.2 Å². The van der Waals surface area contributed by atoms with Crippen LogP contribution in [-0.2, 0) is 14.8 Å². The molecule has 3 rings (SSSR count). The second kappa shape index (κ2) is 11.2. The van der Waals surface area contributed by atoms with E-state index in [-0.39, 0.29) is 32.6 Å². The average molecular weight is 531 g/mol. The molecule has 0 aliphatic carbocycles. The van der Waals surface area contributed by atoms with Crippen molar-refractivity contribution >= 4 is 45.1 Å². The maximum atomic E-state index is 13.6. The second-order valence-corrected chi connectivity index (χ2v) is 10.0. The van der Waals surface area contributed by atoms with E-state index in [2.05, 4.69) is 10.5 Å². The van der Waals surface area contributed by atoms with Gasteiger partial charge in [0.1, 0.15) is 12.3 Å². The van der Waals surface area contributed by atoms with E-state index < -0.39 is 27.4 Å². The molecule has 10 nitrogen and oxygen atoms in total. The molecule has 0 bridgehead atoms. The SMILES string of the molecule is COc1ccc(Cl)cc1N(CC(=O)N/N=C\c1ccc(C)cc1)S(=O)(=O)c1ccc(C)c([N+](=O)[O-])c1. The summed E-state index contributed by atoms with van der Waals surface area (Å²) in [6.45, 7) is 2.72. The summed E-state index contributed by atoms with van der Waals surface area (Å²) in [5.41, 5.74) is 3.98. The second-order valence-electron chi connectivity index (χ2n) is 7.74. The van der Waals surface area contributed by atoms with Gasteiger partial charge in [0.25, 0.3) is 21.6 Å². The molecule has 0 heterocycles. The standard InChI is InChI=1S/C24H23ClN4O6S/c1-16-4-7-18(8-5-16)14-26-27-24(30)15-28(22-12-19(25)9-11-23(22)35-3)36(33,34)20-10-6-17(2)21(13-20)29(31)32/h4-14H,15H2,1-3H3,(H,27,30)/b26-14-. The van der Waals surface area contributed by atoms with E-state index in [1.807, 2.05) is 31.2 Å². The van der Waals surface area contributed by atoms with Crippen LogP contribution < -0.4 is 14.5 Å². The first kappa shape index (κ1) is 26.6. The predicted octanol–water partition coefficient (Wildman–Crippen LogP) is 4.22. The van der Waals surface area contributed by atoms with Crippen molar-refractivity contribution in [1.82, 2.24) is 5.43 Å². The minimum atomic E-state index is -4.48. The number of hydrazone groups is 1. The van der Waals surface area contributed by atoms with Crippen LogP contribution in [0, 0.1) is 24.0 Å². The largest absolute Gasteiger partial charge is 0.495 e. The van der Waals surface area contributed by atoms with Gasteiger partial charge in [-0.25, -0.2) is 13.8 Å². The molecule has 0 aliphatic heterocycles. The van der Waals surface area contributed by atoms with Crippen molar-refractivity contribution in [3.05, 3.63) is 92.5 Å². The maximum Gasteiger partial charge on any atom is 0.273 e. The summed E-state index contributed by atoms with van der Waals surface area (Å²) >= 11 is 6.11. The fraction of sp³-hybridized carbons (Fsp3) is 0.167. The van der Waals surface area contributed by atoms with Gasteiger partial charge in [0.05, 0.1) is 28.8 Å². The molecule has 0 saturated carbocycles. The summed E-state index contributed by atoms with van der Waals surface area (Å²) in [6.07, 6.45) is 1.42. The minimum absolute atomic E-state index is 0.0223. The predicted molar refractivity (Wildman–Crippen MR) is 137 cm³/mol. The van der Waals surface area contributed by atoms with Gasteiger partial charge < -0.3 is 4.74 Å². The number of methoxy groups -OCH3 is 1. The van der Waals surface area contributed by atoms with Crippen LogP contribution in [0.15, 0.2) is 70.7 Å². The van der Waals surface area contributed by atoms with Crippen molar-refractivity contribution in [3.63, 3.8) is 0 Å². The van der Waals surface area contributed by atoms with E-state index in [1.54, 1.807) is 0 Å². The van der Waals surface area contributed by atoms with Crippen molar-refractivity contribution in [3.8, 4) is 5.75 Å². The molecule has 1 N–H and O–H groups in total. The summed E-state index contributed by atoms with van der Waals surface area (Å²) < 4.78 is 33.4. The molecule has 0 aliphatic rings. The third-order valence-corrected chi connectivity index (χ3v) is 7.13. The fourth-order valence-electron chi connectivity index (χ4n) is 3.23. The molecule has 0 atom stereocenters. The van der Waals surface area contributed by atoms with E-state index in [4.69, 9.17) is 16.3 Å². The third-order valence-electron chi connectivity index (χ3n) is 5.14. The lowest BCUT2D eigenvalue weighted by molar-refractivity contribution is -0.385. The Labute approximate surface area is 213 Å². The van der Waals surface area contributed by atoms with Crippen molar-refractivity contribution < 1.29 is 22.9 Å². The molecule has 0 unspecified atom stereocenters. The van der Waals surface area contributed by atoms with Crippen molar-refractivity contribution in [2.45, 2.75) is 18.7 Å².